The molecule has 4 aliphatic rings. The predicted molar refractivity (Wildman–Crippen MR) is 155 cm³/mol. The molecule has 0 amide bonds. The maximum atomic E-state index is 16.9. The number of benzene rings is 3. The summed E-state index contributed by atoms with van der Waals surface area (Å²) in [5, 5.41) is 16.8. The Morgan fingerprint density at radius 1 is 1.15 bits per heavy atom. The van der Waals surface area contributed by atoms with Crippen LogP contribution in [0.3, 0.4) is 0 Å². The maximum Gasteiger partial charge on any atom is 0.158 e. The molecular formula is C31H29ClFN5O. The number of phenols is 1. The third-order valence-electron chi connectivity index (χ3n) is 9.56. The van der Waals surface area contributed by atoms with Gasteiger partial charge in [-0.25, -0.2) is 9.37 Å². The fraction of sp³-hybridized carbons (Fsp3) is 0.355. The van der Waals surface area contributed by atoms with E-state index in [1.54, 1.807) is 12.1 Å². The van der Waals surface area contributed by atoms with E-state index in [0.717, 1.165) is 65.7 Å². The van der Waals surface area contributed by atoms with Gasteiger partial charge in [0.05, 0.1) is 5.02 Å². The number of anilines is 1. The first-order chi connectivity index (χ1) is 18.8. The van der Waals surface area contributed by atoms with Gasteiger partial charge in [0.15, 0.2) is 11.6 Å². The monoisotopic (exact) mass is 541 g/mol. The van der Waals surface area contributed by atoms with E-state index < -0.39 is 5.82 Å². The fourth-order valence-electron chi connectivity index (χ4n) is 7.47. The van der Waals surface area contributed by atoms with Gasteiger partial charge in [-0.05, 0) is 73.9 Å². The fourth-order valence-corrected chi connectivity index (χ4v) is 7.77. The van der Waals surface area contributed by atoms with Crippen LogP contribution >= 0.6 is 11.6 Å². The van der Waals surface area contributed by atoms with E-state index in [-0.39, 0.29) is 16.7 Å². The van der Waals surface area contributed by atoms with Crippen molar-refractivity contribution in [3.05, 3.63) is 58.9 Å². The molecule has 1 aromatic heterocycles. The van der Waals surface area contributed by atoms with Gasteiger partial charge in [-0.3, -0.25) is 4.99 Å². The van der Waals surface area contributed by atoms with E-state index in [0.29, 0.717) is 34.1 Å². The van der Waals surface area contributed by atoms with Gasteiger partial charge in [0.1, 0.15) is 17.0 Å². The van der Waals surface area contributed by atoms with Crippen molar-refractivity contribution in [2.45, 2.75) is 30.3 Å². The summed E-state index contributed by atoms with van der Waals surface area (Å²) in [7, 11) is 4.17. The van der Waals surface area contributed by atoms with Gasteiger partial charge < -0.3 is 20.2 Å². The Kier molecular flexibility index (Phi) is 4.92. The number of aliphatic imine (C=N–C) groups is 1. The van der Waals surface area contributed by atoms with Gasteiger partial charge in [0.2, 0.25) is 0 Å². The van der Waals surface area contributed by atoms with Gasteiger partial charge in [0.25, 0.3) is 0 Å². The standard InChI is InChI=1S/C31H29ClFN5O/c1-37(2)19-13-38(14-19)30-29-26(31(15-35-29)11-18-8-17(31)12-34-18)23-10-24(32)25(27(33)28(23)36-30)22-9-20(39)7-16-5-3-4-6-21(16)22/h3-7,9-10,15,17-19,34,39H,8,11-14H2,1-2H3. The van der Waals surface area contributed by atoms with Crippen LogP contribution in [-0.2, 0) is 5.41 Å². The molecule has 3 fully saturated rings. The summed E-state index contributed by atoms with van der Waals surface area (Å²) >= 11 is 6.95. The Morgan fingerprint density at radius 3 is 2.72 bits per heavy atom. The Morgan fingerprint density at radius 2 is 1.97 bits per heavy atom. The van der Waals surface area contributed by atoms with Crippen molar-refractivity contribution in [3.63, 3.8) is 0 Å². The van der Waals surface area contributed by atoms with Crippen molar-refractivity contribution in [3.8, 4) is 16.9 Å². The number of likely N-dealkylation sites (N-methyl/N-ethyl adjacent to an activating group) is 1. The molecule has 3 unspecified atom stereocenters. The zero-order valence-corrected chi connectivity index (χ0v) is 22.6. The van der Waals surface area contributed by atoms with Gasteiger partial charge in [-0.1, -0.05) is 35.9 Å². The number of phenolic OH excluding ortho intramolecular Hbond substituents is 1. The summed E-state index contributed by atoms with van der Waals surface area (Å²) in [5.41, 5.74) is 2.88. The van der Waals surface area contributed by atoms with Crippen LogP contribution in [-0.4, -0.2) is 67.0 Å². The number of pyridine rings is 1. The maximum absolute atomic E-state index is 16.9. The van der Waals surface area contributed by atoms with Crippen LogP contribution < -0.4 is 10.2 Å². The lowest BCUT2D eigenvalue weighted by Crippen LogP contribution is -2.57. The molecule has 3 aliphatic heterocycles. The SMILES string of the molecule is CN(C)C1CN(c2nc3c(F)c(-c4cc(O)cc5ccccc45)c(Cl)cc3c3c2N=CC32CC3CC2CN3)C1. The highest BCUT2D eigenvalue weighted by Crippen LogP contribution is 2.58. The molecule has 6 nitrogen and oxygen atoms in total. The molecule has 4 aromatic rings. The third kappa shape index (κ3) is 3.21. The summed E-state index contributed by atoms with van der Waals surface area (Å²) in [6.07, 6.45) is 4.17. The molecule has 39 heavy (non-hydrogen) atoms. The number of nitrogens with zero attached hydrogens (tertiary/aromatic N) is 4. The average molecular weight is 542 g/mol. The van der Waals surface area contributed by atoms with Crippen molar-refractivity contribution in [1.82, 2.24) is 15.2 Å². The van der Waals surface area contributed by atoms with Crippen LogP contribution in [0.5, 0.6) is 5.75 Å². The molecule has 2 saturated heterocycles. The zero-order chi connectivity index (χ0) is 26.6. The number of aromatic nitrogens is 1. The molecule has 0 radical (unpaired) electrons. The molecule has 198 valence electrons. The topological polar surface area (TPSA) is 64.0 Å². The second-order valence-electron chi connectivity index (χ2n) is 11.9. The highest BCUT2D eigenvalue weighted by atomic mass is 35.5. The molecule has 3 atom stereocenters. The number of aromatic hydroxyl groups is 1. The van der Waals surface area contributed by atoms with Gasteiger partial charge in [-0.2, -0.15) is 0 Å². The first kappa shape index (κ1) is 23.6. The van der Waals surface area contributed by atoms with Crippen LogP contribution in [0.4, 0.5) is 15.9 Å². The normalized spacial score (nSPS) is 25.5. The Labute approximate surface area is 231 Å². The molecular weight excluding hydrogens is 513 g/mol. The van der Waals surface area contributed by atoms with Crippen molar-refractivity contribution < 1.29 is 9.50 Å². The molecule has 4 heterocycles. The quantitative estimate of drug-likeness (QED) is 0.351. The summed E-state index contributed by atoms with van der Waals surface area (Å²) in [5.74, 6) is 0.783. The second-order valence-corrected chi connectivity index (χ2v) is 12.3. The number of nitrogens with one attached hydrogen (secondary N) is 1. The van der Waals surface area contributed by atoms with E-state index in [4.69, 9.17) is 21.6 Å². The van der Waals surface area contributed by atoms with Crippen molar-refractivity contribution in [2.75, 3.05) is 38.6 Å². The lowest BCUT2D eigenvalue weighted by molar-refractivity contribution is 0.246. The van der Waals surface area contributed by atoms with Crippen LogP contribution in [0.15, 0.2) is 47.5 Å². The highest BCUT2D eigenvalue weighted by molar-refractivity contribution is 6.35. The third-order valence-corrected chi connectivity index (χ3v) is 9.86. The van der Waals surface area contributed by atoms with Gasteiger partial charge in [0, 0.05) is 53.3 Å². The van der Waals surface area contributed by atoms with E-state index in [1.807, 2.05) is 30.3 Å². The number of fused-ring (bicyclic) bond motifs is 8. The Hall–Kier alpha value is -3.26. The largest absolute Gasteiger partial charge is 0.508 e. The van der Waals surface area contributed by atoms with Crippen LogP contribution in [0.1, 0.15) is 18.4 Å². The lowest BCUT2D eigenvalue weighted by Gasteiger charge is -2.44. The number of piperidine rings is 1. The number of halogens is 2. The van der Waals surface area contributed by atoms with E-state index >= 15 is 4.39 Å². The van der Waals surface area contributed by atoms with E-state index in [1.165, 1.54) is 0 Å². The molecule has 8 rings (SSSR count). The summed E-state index contributed by atoms with van der Waals surface area (Å²) < 4.78 is 16.9. The van der Waals surface area contributed by atoms with E-state index in [9.17, 15) is 5.11 Å². The van der Waals surface area contributed by atoms with E-state index in [2.05, 4.69) is 35.4 Å². The molecule has 1 spiro atoms. The van der Waals surface area contributed by atoms with Gasteiger partial charge >= 0.3 is 0 Å². The summed E-state index contributed by atoms with van der Waals surface area (Å²) in [6.45, 7) is 2.59. The number of rotatable bonds is 3. The molecule has 1 aliphatic carbocycles. The minimum atomic E-state index is -0.453. The molecule has 8 heteroatoms. The minimum absolute atomic E-state index is 0.0685. The molecule has 1 saturated carbocycles. The summed E-state index contributed by atoms with van der Waals surface area (Å²) in [6, 6.07) is 13.7. The molecule has 2 N–H and O–H groups in total. The number of hydrogen-bond acceptors (Lipinski definition) is 6. The Bertz CT molecular complexity index is 1730. The van der Waals surface area contributed by atoms with Crippen molar-refractivity contribution in [2.24, 2.45) is 10.9 Å². The smallest absolute Gasteiger partial charge is 0.158 e. The number of hydrogen-bond donors (Lipinski definition) is 2. The predicted octanol–water partition coefficient (Wildman–Crippen LogP) is 5.64. The molecule has 3 aromatic carbocycles. The van der Waals surface area contributed by atoms with Gasteiger partial charge in [-0.15, -0.1) is 0 Å². The van der Waals surface area contributed by atoms with Crippen LogP contribution in [0, 0.1) is 11.7 Å². The zero-order valence-electron chi connectivity index (χ0n) is 21.9. The van der Waals surface area contributed by atoms with Crippen molar-refractivity contribution >= 4 is 51.0 Å². The second kappa shape index (κ2) is 8.13. The summed E-state index contributed by atoms with van der Waals surface area (Å²) in [4.78, 5) is 14.4. The Balaban J connectivity index is 1.40. The van der Waals surface area contributed by atoms with Crippen LogP contribution in [0.2, 0.25) is 5.02 Å². The highest BCUT2D eigenvalue weighted by Gasteiger charge is 2.55. The van der Waals surface area contributed by atoms with Crippen molar-refractivity contribution in [1.29, 1.82) is 0 Å². The van der Waals surface area contributed by atoms with Crippen LogP contribution in [0.25, 0.3) is 32.8 Å². The first-order valence-electron chi connectivity index (χ1n) is 13.6. The average Bonchev–Trinajstić information content (AvgIpc) is 3.58. The minimum Gasteiger partial charge on any atom is -0.508 e. The first-order valence-corrected chi connectivity index (χ1v) is 14.0. The molecule has 2 bridgehead atoms. The lowest BCUT2D eigenvalue weighted by atomic mass is 9.71.